The number of hydrogen-bond acceptors (Lipinski definition) is 2. The topological polar surface area (TPSA) is 24.9 Å². The van der Waals surface area contributed by atoms with Crippen molar-refractivity contribution in [1.29, 1.82) is 0 Å². The van der Waals surface area contributed by atoms with Crippen LogP contribution in [0.2, 0.25) is 0 Å². The van der Waals surface area contributed by atoms with Crippen molar-refractivity contribution in [2.75, 3.05) is 6.54 Å². The van der Waals surface area contributed by atoms with Crippen LogP contribution in [0.15, 0.2) is 35.6 Å². The molecule has 1 atom stereocenters. The van der Waals surface area contributed by atoms with Crippen LogP contribution in [0.3, 0.4) is 0 Å². The lowest BCUT2D eigenvalue weighted by molar-refractivity contribution is 0.511. The van der Waals surface area contributed by atoms with E-state index in [4.69, 9.17) is 0 Å². The molecule has 3 heteroatoms. The Balaban J connectivity index is 2.56. The zero-order valence-electron chi connectivity index (χ0n) is 9.75. The van der Waals surface area contributed by atoms with Gasteiger partial charge in [0.25, 0.3) is 0 Å². The van der Waals surface area contributed by atoms with Crippen LogP contribution in [-0.4, -0.2) is 17.6 Å². The second kappa shape index (κ2) is 7.58. The molecule has 1 rings (SSSR count). The van der Waals surface area contributed by atoms with Crippen LogP contribution >= 0.6 is 15.9 Å². The van der Waals surface area contributed by atoms with Crippen LogP contribution in [-0.2, 0) is 6.42 Å². The maximum absolute atomic E-state index is 4.18. The Morgan fingerprint density at radius 1 is 1.56 bits per heavy atom. The van der Waals surface area contributed by atoms with Gasteiger partial charge in [0.2, 0.25) is 0 Å². The molecule has 0 aliphatic rings. The lowest BCUT2D eigenvalue weighted by atomic mass is 10.0. The number of pyridine rings is 1. The number of hydrogen-bond donors (Lipinski definition) is 1. The Kier molecular flexibility index (Phi) is 6.34. The molecular weight excluding hydrogens is 264 g/mol. The van der Waals surface area contributed by atoms with Crippen molar-refractivity contribution >= 4 is 15.9 Å². The summed E-state index contributed by atoms with van der Waals surface area (Å²) in [5.74, 6) is 0. The zero-order valence-corrected chi connectivity index (χ0v) is 11.3. The van der Waals surface area contributed by atoms with Gasteiger partial charge in [0.1, 0.15) is 0 Å². The third kappa shape index (κ3) is 4.90. The smallest absolute Gasteiger partial charge is 0.0410 e. The molecule has 1 N–H and O–H groups in total. The molecule has 0 saturated heterocycles. The van der Waals surface area contributed by atoms with E-state index in [0.717, 1.165) is 30.3 Å². The largest absolute Gasteiger partial charge is 0.313 e. The maximum atomic E-state index is 4.18. The van der Waals surface area contributed by atoms with Crippen molar-refractivity contribution in [3.8, 4) is 0 Å². The van der Waals surface area contributed by atoms with Gasteiger partial charge in [-0.3, -0.25) is 4.98 Å². The summed E-state index contributed by atoms with van der Waals surface area (Å²) in [5, 5.41) is 3.52. The number of aromatic nitrogens is 1. The minimum atomic E-state index is 0.466. The van der Waals surface area contributed by atoms with Crippen LogP contribution in [0, 0.1) is 0 Å². The average molecular weight is 283 g/mol. The molecule has 0 spiro atoms. The summed E-state index contributed by atoms with van der Waals surface area (Å²) in [5.41, 5.74) is 1.25. The molecule has 1 aromatic heterocycles. The van der Waals surface area contributed by atoms with E-state index in [2.05, 4.69) is 45.8 Å². The van der Waals surface area contributed by atoms with E-state index < -0.39 is 0 Å². The second-order valence-corrected chi connectivity index (χ2v) is 4.81. The predicted octanol–water partition coefficient (Wildman–Crippen LogP) is 3.33. The van der Waals surface area contributed by atoms with E-state index in [1.807, 2.05) is 18.5 Å². The zero-order chi connectivity index (χ0) is 11.8. The molecule has 16 heavy (non-hydrogen) atoms. The molecule has 0 bridgehead atoms. The van der Waals surface area contributed by atoms with Gasteiger partial charge in [-0.05, 0) is 53.4 Å². The number of rotatable bonds is 7. The highest BCUT2D eigenvalue weighted by Crippen LogP contribution is 2.12. The first-order valence-corrected chi connectivity index (χ1v) is 6.49. The lowest BCUT2D eigenvalue weighted by Crippen LogP contribution is -2.31. The SMILES string of the molecule is C=CCC(Cc1cncc(Br)c1)NCCC. The highest BCUT2D eigenvalue weighted by Gasteiger charge is 2.07. The Bertz CT molecular complexity index is 325. The van der Waals surface area contributed by atoms with Crippen molar-refractivity contribution in [1.82, 2.24) is 10.3 Å². The van der Waals surface area contributed by atoms with E-state index >= 15 is 0 Å². The summed E-state index contributed by atoms with van der Waals surface area (Å²) >= 11 is 3.44. The predicted molar refractivity (Wildman–Crippen MR) is 72.5 cm³/mol. The summed E-state index contributed by atoms with van der Waals surface area (Å²) < 4.78 is 1.04. The molecule has 1 heterocycles. The van der Waals surface area contributed by atoms with Crippen molar-refractivity contribution < 1.29 is 0 Å². The van der Waals surface area contributed by atoms with E-state index in [-0.39, 0.29) is 0 Å². The number of nitrogens with zero attached hydrogens (tertiary/aromatic N) is 1. The summed E-state index contributed by atoms with van der Waals surface area (Å²) in [6, 6.07) is 2.59. The molecule has 2 nitrogen and oxygen atoms in total. The minimum absolute atomic E-state index is 0.466. The third-order valence-corrected chi connectivity index (χ3v) is 2.81. The molecule has 0 aromatic carbocycles. The van der Waals surface area contributed by atoms with Crippen LogP contribution in [0.5, 0.6) is 0 Å². The number of halogens is 1. The molecular formula is C13H19BrN2. The molecule has 1 unspecified atom stereocenters. The maximum Gasteiger partial charge on any atom is 0.0410 e. The van der Waals surface area contributed by atoms with E-state index in [1.165, 1.54) is 5.56 Å². The Morgan fingerprint density at radius 3 is 3.00 bits per heavy atom. The fourth-order valence-corrected chi connectivity index (χ4v) is 2.05. The fourth-order valence-electron chi connectivity index (χ4n) is 1.64. The van der Waals surface area contributed by atoms with Crippen molar-refractivity contribution in [2.45, 2.75) is 32.2 Å². The van der Waals surface area contributed by atoms with E-state index in [1.54, 1.807) is 0 Å². The van der Waals surface area contributed by atoms with Gasteiger partial charge in [-0.2, -0.15) is 0 Å². The fraction of sp³-hybridized carbons (Fsp3) is 0.462. The lowest BCUT2D eigenvalue weighted by Gasteiger charge is -2.16. The quantitative estimate of drug-likeness (QED) is 0.776. The van der Waals surface area contributed by atoms with Gasteiger partial charge in [-0.15, -0.1) is 6.58 Å². The van der Waals surface area contributed by atoms with Crippen LogP contribution in [0.1, 0.15) is 25.3 Å². The highest BCUT2D eigenvalue weighted by molar-refractivity contribution is 9.10. The van der Waals surface area contributed by atoms with Crippen LogP contribution in [0.4, 0.5) is 0 Å². The summed E-state index contributed by atoms with van der Waals surface area (Å²) in [6.07, 6.45) is 8.86. The van der Waals surface area contributed by atoms with Gasteiger partial charge in [0.05, 0.1) is 0 Å². The first-order valence-electron chi connectivity index (χ1n) is 5.70. The molecule has 1 aromatic rings. The highest BCUT2D eigenvalue weighted by atomic mass is 79.9. The summed E-state index contributed by atoms with van der Waals surface area (Å²) in [4.78, 5) is 4.18. The van der Waals surface area contributed by atoms with Crippen LogP contribution in [0.25, 0.3) is 0 Å². The number of nitrogens with one attached hydrogen (secondary N) is 1. The second-order valence-electron chi connectivity index (χ2n) is 3.89. The normalized spacial score (nSPS) is 12.4. The molecule has 0 fully saturated rings. The van der Waals surface area contributed by atoms with Gasteiger partial charge < -0.3 is 5.32 Å². The molecule has 0 aliphatic carbocycles. The van der Waals surface area contributed by atoms with Gasteiger partial charge in [0.15, 0.2) is 0 Å². The third-order valence-electron chi connectivity index (χ3n) is 2.38. The summed E-state index contributed by atoms with van der Waals surface area (Å²) in [6.45, 7) is 7.04. The monoisotopic (exact) mass is 282 g/mol. The molecule has 0 aliphatic heterocycles. The standard InChI is InChI=1S/C13H19BrN2/c1-3-5-13(16-6-4-2)8-11-7-12(14)10-15-9-11/h3,7,9-10,13,16H,1,4-6,8H2,2H3. The first kappa shape index (κ1) is 13.4. The van der Waals surface area contributed by atoms with E-state index in [9.17, 15) is 0 Å². The van der Waals surface area contributed by atoms with Gasteiger partial charge in [0, 0.05) is 22.9 Å². The summed E-state index contributed by atoms with van der Waals surface area (Å²) in [7, 11) is 0. The van der Waals surface area contributed by atoms with Crippen molar-refractivity contribution in [2.24, 2.45) is 0 Å². The van der Waals surface area contributed by atoms with E-state index in [0.29, 0.717) is 6.04 Å². The molecule has 88 valence electrons. The van der Waals surface area contributed by atoms with Gasteiger partial charge in [-0.1, -0.05) is 13.0 Å². The average Bonchev–Trinajstić information content (AvgIpc) is 2.26. The van der Waals surface area contributed by atoms with Crippen LogP contribution < -0.4 is 5.32 Å². The van der Waals surface area contributed by atoms with Crippen molar-refractivity contribution in [3.63, 3.8) is 0 Å². The van der Waals surface area contributed by atoms with Gasteiger partial charge >= 0.3 is 0 Å². The molecule has 0 radical (unpaired) electrons. The van der Waals surface area contributed by atoms with Crippen molar-refractivity contribution in [3.05, 3.63) is 41.2 Å². The Labute approximate surface area is 106 Å². The Hall–Kier alpha value is -0.670. The molecule has 0 saturated carbocycles. The minimum Gasteiger partial charge on any atom is -0.313 e. The van der Waals surface area contributed by atoms with Gasteiger partial charge in [-0.25, -0.2) is 0 Å². The molecule has 0 amide bonds. The first-order chi connectivity index (χ1) is 7.76. The Morgan fingerprint density at radius 2 is 2.38 bits per heavy atom.